The van der Waals surface area contributed by atoms with Crippen LogP contribution < -0.4 is 5.32 Å². The molecule has 1 aliphatic rings. The van der Waals surface area contributed by atoms with E-state index in [0.717, 1.165) is 89.9 Å². The van der Waals surface area contributed by atoms with Gasteiger partial charge in [0.1, 0.15) is 24.4 Å². The number of rotatable bonds is 51. The van der Waals surface area contributed by atoms with Crippen molar-refractivity contribution in [2.75, 3.05) is 13.2 Å². The summed E-state index contributed by atoms with van der Waals surface area (Å²) in [7, 11) is 0. The maximum Gasteiger partial charge on any atom is 0.306 e. The van der Waals surface area contributed by atoms with Gasteiger partial charge in [0.25, 0.3) is 0 Å². The highest BCUT2D eigenvalue weighted by atomic mass is 16.7. The lowest BCUT2D eigenvalue weighted by Crippen LogP contribution is -2.61. The first-order valence-electron chi connectivity index (χ1n) is 30.3. The van der Waals surface area contributed by atoms with Crippen molar-refractivity contribution in [3.63, 3.8) is 0 Å². The molecule has 0 aromatic carbocycles. The minimum atomic E-state index is -1.61. The van der Waals surface area contributed by atoms with Crippen molar-refractivity contribution in [3.05, 3.63) is 36.5 Å². The van der Waals surface area contributed by atoms with Gasteiger partial charge in [-0.1, -0.05) is 256 Å². The van der Waals surface area contributed by atoms with Gasteiger partial charge >= 0.3 is 5.97 Å². The van der Waals surface area contributed by atoms with E-state index >= 15 is 0 Å². The molecule has 8 unspecified atom stereocenters. The number of nitrogens with one attached hydrogen (secondary N) is 1. The normalized spacial score (nSPS) is 19.7. The molecular weight excluding hydrogens is 907 g/mol. The van der Waals surface area contributed by atoms with Gasteiger partial charge in [0.15, 0.2) is 12.4 Å². The quantitative estimate of drug-likeness (QED) is 0.0195. The molecule has 72 heavy (non-hydrogen) atoms. The number of aliphatic hydroxyl groups is 5. The maximum atomic E-state index is 13.4. The number of carbonyl (C=O) groups excluding carboxylic acids is 2. The second-order valence-corrected chi connectivity index (χ2v) is 21.1. The Morgan fingerprint density at radius 2 is 1.00 bits per heavy atom. The Morgan fingerprint density at radius 3 is 1.49 bits per heavy atom. The first-order valence-corrected chi connectivity index (χ1v) is 30.3. The summed E-state index contributed by atoms with van der Waals surface area (Å²) in [5, 5.41) is 56.8. The van der Waals surface area contributed by atoms with Crippen molar-refractivity contribution in [2.24, 2.45) is 0 Å². The smallest absolute Gasteiger partial charge is 0.306 e. The molecule has 0 saturated carbocycles. The number of carbonyl (C=O) groups is 2. The Balaban J connectivity index is 2.65. The molecule has 0 aromatic rings. The molecule has 0 aromatic heterocycles. The van der Waals surface area contributed by atoms with Gasteiger partial charge in [-0.05, 0) is 51.4 Å². The van der Waals surface area contributed by atoms with Crippen molar-refractivity contribution in [2.45, 2.75) is 327 Å². The SMILES string of the molecule is CC/C=C/C/C=C/CCCCCCCCC(O)C(=O)NC(COC1OC(CO)C(O)C(O)C1OC(=O)CCCCCCCCCCCCCCCCCCCCC)C(O)/C=C/CCCCCCCCCCC. The Hall–Kier alpha value is -2.12. The molecule has 1 fully saturated rings. The van der Waals surface area contributed by atoms with Crippen molar-refractivity contribution >= 4 is 11.9 Å². The van der Waals surface area contributed by atoms with E-state index in [1.165, 1.54) is 141 Å². The van der Waals surface area contributed by atoms with Gasteiger partial charge in [-0.25, -0.2) is 0 Å². The third kappa shape index (κ3) is 37.6. The summed E-state index contributed by atoms with van der Waals surface area (Å²) >= 11 is 0. The van der Waals surface area contributed by atoms with E-state index in [-0.39, 0.29) is 19.4 Å². The summed E-state index contributed by atoms with van der Waals surface area (Å²) in [5.74, 6) is -1.19. The first-order chi connectivity index (χ1) is 35.2. The Bertz CT molecular complexity index is 1310. The van der Waals surface area contributed by atoms with Crippen LogP contribution in [0.15, 0.2) is 36.5 Å². The predicted molar refractivity (Wildman–Crippen MR) is 297 cm³/mol. The van der Waals surface area contributed by atoms with Gasteiger partial charge in [-0.15, -0.1) is 0 Å². The number of esters is 1. The van der Waals surface area contributed by atoms with Crippen LogP contribution in [0.5, 0.6) is 0 Å². The topological polar surface area (TPSA) is 175 Å². The lowest BCUT2D eigenvalue weighted by molar-refractivity contribution is -0.305. The molecule has 1 amide bonds. The second-order valence-electron chi connectivity index (χ2n) is 21.1. The van der Waals surface area contributed by atoms with Crippen LogP contribution in [-0.2, 0) is 23.8 Å². The average Bonchev–Trinajstić information content (AvgIpc) is 3.38. The van der Waals surface area contributed by atoms with Crippen molar-refractivity contribution in [1.29, 1.82) is 0 Å². The van der Waals surface area contributed by atoms with Gasteiger partial charge in [0.2, 0.25) is 5.91 Å². The summed E-state index contributed by atoms with van der Waals surface area (Å²) in [6.07, 6.45) is 47.6. The predicted octanol–water partition coefficient (Wildman–Crippen LogP) is 13.9. The number of hydrogen-bond acceptors (Lipinski definition) is 10. The van der Waals surface area contributed by atoms with Gasteiger partial charge in [0, 0.05) is 6.42 Å². The molecule has 422 valence electrons. The largest absolute Gasteiger partial charge is 0.454 e. The molecule has 0 aliphatic carbocycles. The molecule has 1 aliphatic heterocycles. The van der Waals surface area contributed by atoms with Gasteiger partial charge in [-0.3, -0.25) is 9.59 Å². The van der Waals surface area contributed by atoms with Crippen molar-refractivity contribution < 1.29 is 49.3 Å². The zero-order valence-electron chi connectivity index (χ0n) is 46.6. The number of hydrogen-bond donors (Lipinski definition) is 6. The number of ether oxygens (including phenoxy) is 3. The maximum absolute atomic E-state index is 13.4. The summed E-state index contributed by atoms with van der Waals surface area (Å²) in [6.45, 7) is 5.68. The van der Waals surface area contributed by atoms with Crippen molar-refractivity contribution in [3.8, 4) is 0 Å². The number of allylic oxidation sites excluding steroid dienone is 5. The number of unbranched alkanes of at least 4 members (excludes halogenated alkanes) is 33. The Kier molecular flexibility index (Phi) is 46.9. The summed E-state index contributed by atoms with van der Waals surface area (Å²) in [4.78, 5) is 26.5. The molecule has 0 radical (unpaired) electrons. The van der Waals surface area contributed by atoms with Crippen LogP contribution in [0.3, 0.4) is 0 Å². The molecular formula is C61H113NO10. The summed E-state index contributed by atoms with van der Waals surface area (Å²) in [6, 6.07) is -1.02. The molecule has 1 heterocycles. The molecule has 11 nitrogen and oxygen atoms in total. The van der Waals surface area contributed by atoms with E-state index in [1.807, 2.05) is 6.08 Å². The van der Waals surface area contributed by atoms with Crippen LogP contribution in [0.4, 0.5) is 0 Å². The van der Waals surface area contributed by atoms with E-state index in [0.29, 0.717) is 12.8 Å². The summed E-state index contributed by atoms with van der Waals surface area (Å²) < 4.78 is 17.6. The number of amides is 1. The monoisotopic (exact) mass is 1020 g/mol. The van der Waals surface area contributed by atoms with E-state index in [2.05, 4.69) is 50.4 Å². The van der Waals surface area contributed by atoms with Gasteiger partial charge in [0.05, 0.1) is 25.4 Å². The fourth-order valence-corrected chi connectivity index (χ4v) is 9.51. The first kappa shape index (κ1) is 67.9. The van der Waals surface area contributed by atoms with Crippen LogP contribution >= 0.6 is 0 Å². The van der Waals surface area contributed by atoms with Crippen LogP contribution in [0.25, 0.3) is 0 Å². The van der Waals surface area contributed by atoms with Gasteiger partial charge < -0.3 is 45.1 Å². The second kappa shape index (κ2) is 49.7. The standard InChI is InChI=1S/C61H113NO10/c1-4-7-10-13-16-19-22-24-25-26-27-28-29-31-34-37-40-43-46-49-56(66)72-59-58(68)57(67)55(50-63)71-61(59)70-51-52(53(64)47-44-41-38-35-32-21-18-15-12-9-6-3)62-60(69)54(65)48-45-42-39-36-33-30-23-20-17-14-11-8-5-2/h8,11,17,20,44,47,52-55,57-59,61,63-65,67-68H,4-7,9-10,12-16,18-19,21-43,45-46,48-51H2,1-3H3,(H,62,69)/b11-8+,20-17+,47-44+. The van der Waals surface area contributed by atoms with E-state index in [9.17, 15) is 35.1 Å². The van der Waals surface area contributed by atoms with Crippen LogP contribution in [0.1, 0.15) is 278 Å². The highest BCUT2D eigenvalue weighted by Crippen LogP contribution is 2.26. The van der Waals surface area contributed by atoms with Crippen LogP contribution in [0, 0.1) is 0 Å². The van der Waals surface area contributed by atoms with Crippen LogP contribution in [-0.4, -0.2) is 99.6 Å². The zero-order chi connectivity index (χ0) is 52.5. The van der Waals surface area contributed by atoms with E-state index in [1.54, 1.807) is 6.08 Å². The highest BCUT2D eigenvalue weighted by Gasteiger charge is 2.47. The molecule has 1 saturated heterocycles. The third-order valence-electron chi connectivity index (χ3n) is 14.3. The molecule has 6 N–H and O–H groups in total. The Labute approximate surface area is 441 Å². The molecule has 0 spiro atoms. The third-order valence-corrected chi connectivity index (χ3v) is 14.3. The minimum Gasteiger partial charge on any atom is -0.454 e. The highest BCUT2D eigenvalue weighted by molar-refractivity contribution is 5.80. The zero-order valence-corrected chi connectivity index (χ0v) is 46.6. The fourth-order valence-electron chi connectivity index (χ4n) is 9.51. The number of aliphatic hydroxyl groups excluding tert-OH is 5. The van der Waals surface area contributed by atoms with Crippen LogP contribution in [0.2, 0.25) is 0 Å². The molecule has 1 rings (SSSR count). The Morgan fingerprint density at radius 1 is 0.556 bits per heavy atom. The van der Waals surface area contributed by atoms with E-state index < -0.39 is 67.4 Å². The molecule has 0 bridgehead atoms. The molecule has 11 heteroatoms. The van der Waals surface area contributed by atoms with E-state index in [4.69, 9.17) is 14.2 Å². The minimum absolute atomic E-state index is 0.127. The average molecular weight is 1020 g/mol. The summed E-state index contributed by atoms with van der Waals surface area (Å²) in [5.41, 5.74) is 0. The van der Waals surface area contributed by atoms with Crippen molar-refractivity contribution in [1.82, 2.24) is 5.32 Å². The van der Waals surface area contributed by atoms with Gasteiger partial charge in [-0.2, -0.15) is 0 Å². The molecule has 8 atom stereocenters. The lowest BCUT2D eigenvalue weighted by atomic mass is 9.99. The fraction of sp³-hybridized carbons (Fsp3) is 0.869. The lowest BCUT2D eigenvalue weighted by Gasteiger charge is -2.41.